The molecule has 0 spiro atoms. The van der Waals surface area contributed by atoms with E-state index in [-0.39, 0.29) is 0 Å². The third-order valence-electron chi connectivity index (χ3n) is 3.81. The lowest BCUT2D eigenvalue weighted by Crippen LogP contribution is -2.10. The highest BCUT2D eigenvalue weighted by molar-refractivity contribution is 5.33. The van der Waals surface area contributed by atoms with E-state index in [1.165, 1.54) is 42.6 Å². The molecule has 0 aliphatic heterocycles. The van der Waals surface area contributed by atoms with Crippen molar-refractivity contribution in [2.24, 2.45) is 0 Å². The number of fused-ring (bicyclic) bond motifs is 1. The Morgan fingerprint density at radius 2 is 2.06 bits per heavy atom. The molecule has 1 aliphatic rings. The standard InChI is InChI=1S/C16H19N/c1-12-10-15-14(8-5-9-16(15)17-12)11-13-6-3-2-4-7-13/h2-4,6-7,10,14,17H,5,8-9,11H2,1H3. The number of H-pyrrole nitrogens is 1. The van der Waals surface area contributed by atoms with Crippen LogP contribution in [0.15, 0.2) is 36.4 Å². The van der Waals surface area contributed by atoms with Crippen LogP contribution in [0.2, 0.25) is 0 Å². The predicted molar refractivity (Wildman–Crippen MR) is 71.4 cm³/mol. The monoisotopic (exact) mass is 225 g/mol. The third-order valence-corrected chi connectivity index (χ3v) is 3.81. The molecular weight excluding hydrogens is 206 g/mol. The van der Waals surface area contributed by atoms with Crippen molar-refractivity contribution < 1.29 is 0 Å². The van der Waals surface area contributed by atoms with Crippen molar-refractivity contribution in [2.75, 3.05) is 0 Å². The first-order valence-corrected chi connectivity index (χ1v) is 6.55. The minimum atomic E-state index is 0.714. The summed E-state index contributed by atoms with van der Waals surface area (Å²) in [4.78, 5) is 3.51. The lowest BCUT2D eigenvalue weighted by molar-refractivity contribution is 0.547. The predicted octanol–water partition coefficient (Wildman–Crippen LogP) is 3.99. The fraction of sp³-hybridized carbons (Fsp3) is 0.375. The average Bonchev–Trinajstić information content (AvgIpc) is 2.72. The molecule has 1 N–H and O–H groups in total. The molecule has 0 saturated heterocycles. The van der Waals surface area contributed by atoms with Crippen molar-refractivity contribution in [3.05, 3.63) is 58.9 Å². The Hall–Kier alpha value is -1.50. The summed E-state index contributed by atoms with van der Waals surface area (Å²) in [7, 11) is 0. The van der Waals surface area contributed by atoms with Crippen molar-refractivity contribution in [1.82, 2.24) is 4.98 Å². The second-order valence-electron chi connectivity index (χ2n) is 5.17. The van der Waals surface area contributed by atoms with Crippen LogP contribution in [0.3, 0.4) is 0 Å². The van der Waals surface area contributed by atoms with Crippen LogP contribution in [0.5, 0.6) is 0 Å². The minimum Gasteiger partial charge on any atom is -0.362 e. The summed E-state index contributed by atoms with van der Waals surface area (Å²) in [6, 6.07) is 13.2. The van der Waals surface area contributed by atoms with Crippen molar-refractivity contribution in [2.45, 2.75) is 38.5 Å². The molecule has 1 heterocycles. The number of aromatic amines is 1. The molecule has 0 fully saturated rings. The van der Waals surface area contributed by atoms with Gasteiger partial charge in [0.25, 0.3) is 0 Å². The van der Waals surface area contributed by atoms with Crippen LogP contribution in [0, 0.1) is 6.92 Å². The van der Waals surface area contributed by atoms with Crippen LogP contribution in [-0.4, -0.2) is 4.98 Å². The SMILES string of the molecule is Cc1cc2c([nH]1)CCCC2Cc1ccccc1. The van der Waals surface area contributed by atoms with Crippen molar-refractivity contribution in [1.29, 1.82) is 0 Å². The molecule has 1 atom stereocenters. The number of hydrogen-bond donors (Lipinski definition) is 1. The maximum atomic E-state index is 3.51. The van der Waals surface area contributed by atoms with Gasteiger partial charge in [-0.2, -0.15) is 0 Å². The highest BCUT2D eigenvalue weighted by Gasteiger charge is 2.21. The lowest BCUT2D eigenvalue weighted by atomic mass is 9.83. The fourth-order valence-corrected chi connectivity index (χ4v) is 3.03. The Morgan fingerprint density at radius 3 is 2.88 bits per heavy atom. The molecule has 1 aromatic carbocycles. The fourth-order valence-electron chi connectivity index (χ4n) is 3.03. The molecule has 1 nitrogen and oxygen atoms in total. The Bertz CT molecular complexity index is 495. The van der Waals surface area contributed by atoms with Gasteiger partial charge in [0.15, 0.2) is 0 Å². The van der Waals surface area contributed by atoms with Gasteiger partial charge in [-0.3, -0.25) is 0 Å². The van der Waals surface area contributed by atoms with E-state index in [2.05, 4.69) is 48.3 Å². The van der Waals surface area contributed by atoms with Gasteiger partial charge in [-0.15, -0.1) is 0 Å². The molecule has 2 aromatic rings. The number of nitrogens with one attached hydrogen (secondary N) is 1. The maximum Gasteiger partial charge on any atom is 0.0184 e. The molecule has 88 valence electrons. The van der Waals surface area contributed by atoms with Crippen LogP contribution >= 0.6 is 0 Å². The molecule has 1 heteroatoms. The summed E-state index contributed by atoms with van der Waals surface area (Å²) in [6.45, 7) is 2.16. The minimum absolute atomic E-state index is 0.714. The van der Waals surface area contributed by atoms with Gasteiger partial charge in [0, 0.05) is 11.4 Å². The van der Waals surface area contributed by atoms with E-state index in [0.717, 1.165) is 0 Å². The van der Waals surface area contributed by atoms with E-state index in [4.69, 9.17) is 0 Å². The van der Waals surface area contributed by atoms with E-state index < -0.39 is 0 Å². The van der Waals surface area contributed by atoms with Gasteiger partial charge in [-0.1, -0.05) is 30.3 Å². The summed E-state index contributed by atoms with van der Waals surface area (Å²) in [5.41, 5.74) is 5.83. The molecular formula is C16H19N. The van der Waals surface area contributed by atoms with E-state index in [1.807, 2.05) is 0 Å². The van der Waals surface area contributed by atoms with Gasteiger partial charge in [0.2, 0.25) is 0 Å². The Kier molecular flexibility index (Phi) is 2.76. The Morgan fingerprint density at radius 1 is 1.24 bits per heavy atom. The molecule has 0 bridgehead atoms. The maximum absolute atomic E-state index is 3.51. The molecule has 0 amide bonds. The van der Waals surface area contributed by atoms with Crippen molar-refractivity contribution in [3.8, 4) is 0 Å². The van der Waals surface area contributed by atoms with Crippen molar-refractivity contribution >= 4 is 0 Å². The zero-order valence-electron chi connectivity index (χ0n) is 10.4. The zero-order chi connectivity index (χ0) is 11.7. The van der Waals surface area contributed by atoms with Gasteiger partial charge in [0.1, 0.15) is 0 Å². The zero-order valence-corrected chi connectivity index (χ0v) is 10.4. The van der Waals surface area contributed by atoms with Crippen molar-refractivity contribution in [3.63, 3.8) is 0 Å². The second-order valence-corrected chi connectivity index (χ2v) is 5.17. The van der Waals surface area contributed by atoms with Gasteiger partial charge >= 0.3 is 0 Å². The Labute approximate surface area is 103 Å². The lowest BCUT2D eigenvalue weighted by Gasteiger charge is -2.22. The van der Waals surface area contributed by atoms with Gasteiger partial charge in [-0.05, 0) is 55.7 Å². The largest absolute Gasteiger partial charge is 0.362 e. The van der Waals surface area contributed by atoms with Gasteiger partial charge in [0.05, 0.1) is 0 Å². The number of aromatic nitrogens is 1. The first kappa shape index (κ1) is 10.6. The molecule has 17 heavy (non-hydrogen) atoms. The van der Waals surface area contributed by atoms with E-state index in [1.54, 1.807) is 5.56 Å². The van der Waals surface area contributed by atoms with Crippen LogP contribution in [0.25, 0.3) is 0 Å². The highest BCUT2D eigenvalue weighted by atomic mass is 14.7. The van der Waals surface area contributed by atoms with Crippen LogP contribution in [0.4, 0.5) is 0 Å². The Balaban J connectivity index is 1.86. The smallest absolute Gasteiger partial charge is 0.0184 e. The van der Waals surface area contributed by atoms with Crippen LogP contribution < -0.4 is 0 Å². The topological polar surface area (TPSA) is 15.8 Å². The number of benzene rings is 1. The first-order valence-electron chi connectivity index (χ1n) is 6.55. The number of aryl methyl sites for hydroxylation is 2. The quantitative estimate of drug-likeness (QED) is 0.795. The number of rotatable bonds is 2. The van der Waals surface area contributed by atoms with Gasteiger partial charge < -0.3 is 4.98 Å². The highest BCUT2D eigenvalue weighted by Crippen LogP contribution is 2.34. The molecule has 0 saturated carbocycles. The second kappa shape index (κ2) is 4.40. The van der Waals surface area contributed by atoms with Crippen LogP contribution in [-0.2, 0) is 12.8 Å². The van der Waals surface area contributed by atoms with E-state index >= 15 is 0 Å². The summed E-state index contributed by atoms with van der Waals surface area (Å²) >= 11 is 0. The molecule has 1 aliphatic carbocycles. The molecule has 0 radical (unpaired) electrons. The molecule has 1 unspecified atom stereocenters. The normalized spacial score (nSPS) is 19.0. The summed E-state index contributed by atoms with van der Waals surface area (Å²) < 4.78 is 0. The molecule has 3 rings (SSSR count). The van der Waals surface area contributed by atoms with Gasteiger partial charge in [-0.25, -0.2) is 0 Å². The summed E-state index contributed by atoms with van der Waals surface area (Å²) in [5.74, 6) is 0.714. The summed E-state index contributed by atoms with van der Waals surface area (Å²) in [5, 5.41) is 0. The first-order chi connectivity index (χ1) is 8.33. The molecule has 1 aromatic heterocycles. The third kappa shape index (κ3) is 2.14. The average molecular weight is 225 g/mol. The van der Waals surface area contributed by atoms with Crippen LogP contribution in [0.1, 0.15) is 41.3 Å². The summed E-state index contributed by atoms with van der Waals surface area (Å²) in [6.07, 6.45) is 5.07. The van der Waals surface area contributed by atoms with E-state index in [0.29, 0.717) is 5.92 Å². The van der Waals surface area contributed by atoms with E-state index in [9.17, 15) is 0 Å². The number of hydrogen-bond acceptors (Lipinski definition) is 0.